The van der Waals surface area contributed by atoms with Crippen LogP contribution in [0.25, 0.3) is 0 Å². The van der Waals surface area contributed by atoms with Gasteiger partial charge in [-0.15, -0.1) is 0 Å². The molecule has 0 amide bonds. The molecule has 1 rings (SSSR count). The summed E-state index contributed by atoms with van der Waals surface area (Å²) in [5.74, 6) is 0.905. The highest BCUT2D eigenvalue weighted by Gasteiger charge is 2.09. The van der Waals surface area contributed by atoms with Crippen molar-refractivity contribution in [1.29, 1.82) is 0 Å². The molecule has 0 saturated heterocycles. The molecule has 1 unspecified atom stereocenters. The van der Waals surface area contributed by atoms with E-state index >= 15 is 0 Å². The largest absolute Gasteiger partial charge is 0.487 e. The number of ether oxygens (including phenoxy) is 2. The second-order valence-corrected chi connectivity index (χ2v) is 4.00. The summed E-state index contributed by atoms with van der Waals surface area (Å²) in [5.41, 5.74) is 1.33. The van der Waals surface area contributed by atoms with Crippen molar-refractivity contribution in [3.8, 4) is 5.75 Å². The average Bonchev–Trinajstić information content (AvgIpc) is 2.37. The first-order chi connectivity index (χ1) is 8.30. The van der Waals surface area contributed by atoms with Crippen LogP contribution in [0.15, 0.2) is 24.3 Å². The Morgan fingerprint density at radius 1 is 1.18 bits per heavy atom. The van der Waals surface area contributed by atoms with Gasteiger partial charge in [0.1, 0.15) is 11.9 Å². The zero-order valence-corrected chi connectivity index (χ0v) is 11.0. The van der Waals surface area contributed by atoms with Crippen LogP contribution in [0.1, 0.15) is 19.4 Å². The van der Waals surface area contributed by atoms with Gasteiger partial charge in [0.25, 0.3) is 0 Å². The standard InChI is InChI=1S/C14H23NO2/c1-4-12-6-8-13(9-7-12)17-14(11-16-3)10-15-5-2/h6-9,14-15H,4-5,10-11H2,1-3H3. The first kappa shape index (κ1) is 14.0. The quantitative estimate of drug-likeness (QED) is 0.752. The van der Waals surface area contributed by atoms with E-state index in [1.54, 1.807) is 7.11 Å². The van der Waals surface area contributed by atoms with E-state index in [1.165, 1.54) is 5.56 Å². The lowest BCUT2D eigenvalue weighted by Crippen LogP contribution is -2.34. The number of benzene rings is 1. The summed E-state index contributed by atoms with van der Waals surface area (Å²) >= 11 is 0. The number of methoxy groups -OCH3 is 1. The molecule has 0 heterocycles. The lowest BCUT2D eigenvalue weighted by atomic mass is 10.2. The average molecular weight is 237 g/mol. The fourth-order valence-corrected chi connectivity index (χ4v) is 1.62. The molecule has 0 radical (unpaired) electrons. The Kier molecular flexibility index (Phi) is 6.67. The molecule has 1 aromatic rings. The third-order valence-electron chi connectivity index (χ3n) is 2.61. The van der Waals surface area contributed by atoms with Crippen LogP contribution in [-0.2, 0) is 11.2 Å². The molecular weight excluding hydrogens is 214 g/mol. The van der Waals surface area contributed by atoms with Crippen LogP contribution in [0.2, 0.25) is 0 Å². The number of hydrogen-bond donors (Lipinski definition) is 1. The van der Waals surface area contributed by atoms with Crippen LogP contribution in [0.5, 0.6) is 5.75 Å². The van der Waals surface area contributed by atoms with Gasteiger partial charge >= 0.3 is 0 Å². The molecule has 0 aliphatic carbocycles. The van der Waals surface area contributed by atoms with Crippen molar-refractivity contribution in [2.24, 2.45) is 0 Å². The Morgan fingerprint density at radius 2 is 1.88 bits per heavy atom. The second kappa shape index (κ2) is 8.09. The number of rotatable bonds is 8. The summed E-state index contributed by atoms with van der Waals surface area (Å²) in [7, 11) is 1.70. The SMILES string of the molecule is CCNCC(COC)Oc1ccc(CC)cc1. The molecule has 0 aromatic heterocycles. The smallest absolute Gasteiger partial charge is 0.134 e. The van der Waals surface area contributed by atoms with Gasteiger partial charge in [0, 0.05) is 13.7 Å². The number of nitrogens with one attached hydrogen (secondary N) is 1. The first-order valence-corrected chi connectivity index (χ1v) is 6.25. The summed E-state index contributed by atoms with van der Waals surface area (Å²) < 4.78 is 11.0. The van der Waals surface area contributed by atoms with Gasteiger partial charge in [0.05, 0.1) is 6.61 Å². The Balaban J connectivity index is 2.51. The van der Waals surface area contributed by atoms with Gasteiger partial charge in [-0.25, -0.2) is 0 Å². The minimum absolute atomic E-state index is 0.0624. The Morgan fingerprint density at radius 3 is 2.41 bits per heavy atom. The van der Waals surface area contributed by atoms with Crippen LogP contribution >= 0.6 is 0 Å². The van der Waals surface area contributed by atoms with Crippen LogP contribution in [0.3, 0.4) is 0 Å². The van der Waals surface area contributed by atoms with Crippen molar-refractivity contribution in [2.75, 3.05) is 26.8 Å². The summed E-state index contributed by atoms with van der Waals surface area (Å²) in [5, 5.41) is 3.27. The van der Waals surface area contributed by atoms with Crippen molar-refractivity contribution >= 4 is 0 Å². The van der Waals surface area contributed by atoms with Gasteiger partial charge in [-0.05, 0) is 30.7 Å². The van der Waals surface area contributed by atoms with E-state index in [2.05, 4.69) is 31.3 Å². The molecule has 1 atom stereocenters. The summed E-state index contributed by atoms with van der Waals surface area (Å²) in [6.45, 7) is 6.58. The fraction of sp³-hybridized carbons (Fsp3) is 0.571. The molecule has 0 aliphatic heterocycles. The Hall–Kier alpha value is -1.06. The van der Waals surface area contributed by atoms with E-state index in [4.69, 9.17) is 9.47 Å². The van der Waals surface area contributed by atoms with E-state index in [0.717, 1.165) is 25.3 Å². The first-order valence-electron chi connectivity index (χ1n) is 6.25. The second-order valence-electron chi connectivity index (χ2n) is 4.00. The van der Waals surface area contributed by atoms with E-state index in [-0.39, 0.29) is 6.10 Å². The Bertz CT molecular complexity index is 298. The van der Waals surface area contributed by atoms with Crippen LogP contribution < -0.4 is 10.1 Å². The van der Waals surface area contributed by atoms with Gasteiger partial charge in [-0.3, -0.25) is 0 Å². The van der Waals surface area contributed by atoms with E-state index in [9.17, 15) is 0 Å². The highest BCUT2D eigenvalue weighted by molar-refractivity contribution is 5.27. The highest BCUT2D eigenvalue weighted by Crippen LogP contribution is 2.14. The maximum Gasteiger partial charge on any atom is 0.134 e. The topological polar surface area (TPSA) is 30.5 Å². The molecule has 1 aromatic carbocycles. The third-order valence-corrected chi connectivity index (χ3v) is 2.61. The fourth-order valence-electron chi connectivity index (χ4n) is 1.62. The number of hydrogen-bond acceptors (Lipinski definition) is 3. The van der Waals surface area contributed by atoms with Gasteiger partial charge in [0.15, 0.2) is 0 Å². The van der Waals surface area contributed by atoms with Crippen molar-refractivity contribution < 1.29 is 9.47 Å². The molecule has 3 heteroatoms. The molecule has 1 N–H and O–H groups in total. The van der Waals surface area contributed by atoms with Crippen LogP contribution in [0.4, 0.5) is 0 Å². The predicted molar refractivity (Wildman–Crippen MR) is 70.7 cm³/mol. The van der Waals surface area contributed by atoms with Gasteiger partial charge in [-0.1, -0.05) is 26.0 Å². The maximum absolute atomic E-state index is 5.87. The lowest BCUT2D eigenvalue weighted by molar-refractivity contribution is 0.0809. The molecular formula is C14H23NO2. The maximum atomic E-state index is 5.87. The van der Waals surface area contributed by atoms with Crippen LogP contribution in [-0.4, -0.2) is 32.9 Å². The molecule has 96 valence electrons. The molecule has 0 aliphatic rings. The summed E-state index contributed by atoms with van der Waals surface area (Å²) in [6, 6.07) is 8.25. The zero-order chi connectivity index (χ0) is 12.5. The summed E-state index contributed by atoms with van der Waals surface area (Å²) in [4.78, 5) is 0. The lowest BCUT2D eigenvalue weighted by Gasteiger charge is -2.18. The zero-order valence-electron chi connectivity index (χ0n) is 11.0. The molecule has 0 fully saturated rings. The third kappa shape index (κ3) is 5.20. The van der Waals surface area contributed by atoms with Gasteiger partial charge < -0.3 is 14.8 Å². The summed E-state index contributed by atoms with van der Waals surface area (Å²) in [6.07, 6.45) is 1.12. The molecule has 17 heavy (non-hydrogen) atoms. The van der Waals surface area contributed by atoms with Gasteiger partial charge in [-0.2, -0.15) is 0 Å². The Labute approximate surface area is 104 Å². The van der Waals surface area contributed by atoms with Gasteiger partial charge in [0.2, 0.25) is 0 Å². The molecule has 0 spiro atoms. The predicted octanol–water partition coefficient (Wildman–Crippen LogP) is 2.25. The highest BCUT2D eigenvalue weighted by atomic mass is 16.5. The molecule has 0 saturated carbocycles. The van der Waals surface area contributed by atoms with Crippen molar-refractivity contribution in [3.05, 3.63) is 29.8 Å². The normalized spacial score (nSPS) is 12.4. The van der Waals surface area contributed by atoms with E-state index in [1.807, 2.05) is 12.1 Å². The van der Waals surface area contributed by atoms with Crippen molar-refractivity contribution in [1.82, 2.24) is 5.32 Å². The minimum Gasteiger partial charge on any atom is -0.487 e. The monoisotopic (exact) mass is 237 g/mol. The minimum atomic E-state index is 0.0624. The van der Waals surface area contributed by atoms with E-state index < -0.39 is 0 Å². The van der Waals surface area contributed by atoms with Crippen LogP contribution in [0, 0.1) is 0 Å². The van der Waals surface area contributed by atoms with E-state index in [0.29, 0.717) is 6.61 Å². The molecule has 3 nitrogen and oxygen atoms in total. The number of likely N-dealkylation sites (N-methyl/N-ethyl adjacent to an activating group) is 1. The molecule has 0 bridgehead atoms. The number of aryl methyl sites for hydroxylation is 1. The van der Waals surface area contributed by atoms with Crippen molar-refractivity contribution in [3.63, 3.8) is 0 Å². The van der Waals surface area contributed by atoms with Crippen molar-refractivity contribution in [2.45, 2.75) is 26.4 Å².